The first kappa shape index (κ1) is 16.2. The molecule has 0 aliphatic carbocycles. The van der Waals surface area contributed by atoms with E-state index < -0.39 is 6.04 Å². The third kappa shape index (κ3) is 5.40. The van der Waals surface area contributed by atoms with Crippen molar-refractivity contribution in [3.05, 3.63) is 35.9 Å². The van der Waals surface area contributed by atoms with E-state index in [0.717, 1.165) is 12.0 Å². The lowest BCUT2D eigenvalue weighted by Gasteiger charge is -2.21. The predicted molar refractivity (Wildman–Crippen MR) is 79.1 cm³/mol. The number of nitrogens with one attached hydrogen (secondary N) is 1. The smallest absolute Gasteiger partial charge is 0.240 e. The number of amides is 2. The van der Waals surface area contributed by atoms with Crippen LogP contribution < -0.4 is 11.1 Å². The maximum Gasteiger partial charge on any atom is 0.240 e. The topological polar surface area (TPSA) is 75.4 Å². The molecule has 0 heterocycles. The van der Waals surface area contributed by atoms with E-state index in [-0.39, 0.29) is 18.4 Å². The molecule has 0 bridgehead atoms. The fraction of sp³-hybridized carbons (Fsp3) is 0.467. The van der Waals surface area contributed by atoms with Crippen LogP contribution in [0.25, 0.3) is 0 Å². The Bertz CT molecular complexity index is 434. The van der Waals surface area contributed by atoms with Crippen LogP contribution in [-0.4, -0.2) is 42.9 Å². The number of carbonyl (C=O) groups excluding carboxylic acids is 2. The van der Waals surface area contributed by atoms with Crippen molar-refractivity contribution in [1.82, 2.24) is 10.2 Å². The van der Waals surface area contributed by atoms with Gasteiger partial charge in [-0.2, -0.15) is 0 Å². The molecule has 110 valence electrons. The highest BCUT2D eigenvalue weighted by Gasteiger charge is 2.20. The van der Waals surface area contributed by atoms with Gasteiger partial charge in [0, 0.05) is 13.6 Å². The van der Waals surface area contributed by atoms with E-state index in [1.54, 1.807) is 7.05 Å². The minimum Gasteiger partial charge on any atom is -0.355 e. The van der Waals surface area contributed by atoms with Crippen LogP contribution in [0.4, 0.5) is 0 Å². The molecule has 5 nitrogen and oxygen atoms in total. The van der Waals surface area contributed by atoms with Crippen LogP contribution >= 0.6 is 0 Å². The van der Waals surface area contributed by atoms with Crippen LogP contribution in [0.1, 0.15) is 18.9 Å². The SMILES string of the molecule is CCCNC(=O)CN(C)C(=O)C(N)Cc1ccccc1. The first-order valence-electron chi connectivity index (χ1n) is 6.85. The Morgan fingerprint density at radius 2 is 1.95 bits per heavy atom. The van der Waals surface area contributed by atoms with Crippen LogP contribution in [0.2, 0.25) is 0 Å². The summed E-state index contributed by atoms with van der Waals surface area (Å²) in [7, 11) is 1.60. The highest BCUT2D eigenvalue weighted by Crippen LogP contribution is 2.03. The average Bonchev–Trinajstić information content (AvgIpc) is 2.45. The second kappa shape index (κ2) is 8.32. The van der Waals surface area contributed by atoms with Gasteiger partial charge in [0.1, 0.15) is 0 Å². The van der Waals surface area contributed by atoms with E-state index >= 15 is 0 Å². The molecule has 1 aromatic carbocycles. The largest absolute Gasteiger partial charge is 0.355 e. The molecule has 0 aromatic heterocycles. The highest BCUT2D eigenvalue weighted by molar-refractivity contribution is 5.87. The summed E-state index contributed by atoms with van der Waals surface area (Å²) in [4.78, 5) is 25.0. The predicted octanol–water partition coefficient (Wildman–Crippen LogP) is 0.541. The van der Waals surface area contributed by atoms with Gasteiger partial charge in [0.25, 0.3) is 0 Å². The van der Waals surface area contributed by atoms with Gasteiger partial charge in [-0.15, -0.1) is 0 Å². The van der Waals surface area contributed by atoms with Gasteiger partial charge < -0.3 is 16.0 Å². The van der Waals surface area contributed by atoms with Gasteiger partial charge in [0.05, 0.1) is 12.6 Å². The Morgan fingerprint density at radius 1 is 1.30 bits per heavy atom. The van der Waals surface area contributed by atoms with Crippen molar-refractivity contribution in [1.29, 1.82) is 0 Å². The van der Waals surface area contributed by atoms with Crippen molar-refractivity contribution in [3.8, 4) is 0 Å². The maximum atomic E-state index is 12.1. The number of nitrogens with two attached hydrogens (primary N) is 1. The van der Waals surface area contributed by atoms with Crippen LogP contribution in [0.15, 0.2) is 30.3 Å². The molecule has 5 heteroatoms. The van der Waals surface area contributed by atoms with E-state index in [2.05, 4.69) is 5.32 Å². The summed E-state index contributed by atoms with van der Waals surface area (Å²) in [6.07, 6.45) is 1.34. The molecular weight excluding hydrogens is 254 g/mol. The Balaban J connectivity index is 2.45. The van der Waals surface area contributed by atoms with E-state index in [1.165, 1.54) is 4.90 Å². The number of likely N-dealkylation sites (N-methyl/N-ethyl adjacent to an activating group) is 1. The molecule has 3 N–H and O–H groups in total. The molecule has 1 unspecified atom stereocenters. The van der Waals surface area contributed by atoms with E-state index in [0.29, 0.717) is 13.0 Å². The fourth-order valence-electron chi connectivity index (χ4n) is 1.85. The molecule has 1 rings (SSSR count). The average molecular weight is 277 g/mol. The molecular formula is C15H23N3O2. The summed E-state index contributed by atoms with van der Waals surface area (Å²) in [5.74, 6) is -0.380. The summed E-state index contributed by atoms with van der Waals surface area (Å²) in [5.41, 5.74) is 6.91. The van der Waals surface area contributed by atoms with Crippen LogP contribution in [0.5, 0.6) is 0 Å². The molecule has 0 spiro atoms. The number of benzene rings is 1. The Morgan fingerprint density at radius 3 is 2.55 bits per heavy atom. The fourth-order valence-corrected chi connectivity index (χ4v) is 1.85. The minimum atomic E-state index is -0.624. The number of nitrogens with zero attached hydrogens (tertiary/aromatic N) is 1. The lowest BCUT2D eigenvalue weighted by Crippen LogP contribution is -2.46. The summed E-state index contributed by atoms with van der Waals surface area (Å²) < 4.78 is 0. The van der Waals surface area contributed by atoms with Crippen molar-refractivity contribution < 1.29 is 9.59 Å². The first-order chi connectivity index (χ1) is 9.54. The molecule has 0 aliphatic heterocycles. The zero-order valence-corrected chi connectivity index (χ0v) is 12.1. The normalized spacial score (nSPS) is 11.8. The molecule has 20 heavy (non-hydrogen) atoms. The molecule has 0 aliphatic rings. The van der Waals surface area contributed by atoms with Crippen molar-refractivity contribution in [2.75, 3.05) is 20.1 Å². The summed E-state index contributed by atoms with van der Waals surface area (Å²) >= 11 is 0. The van der Waals surface area contributed by atoms with Crippen molar-refractivity contribution in [3.63, 3.8) is 0 Å². The Hall–Kier alpha value is -1.88. The van der Waals surface area contributed by atoms with Crippen LogP contribution in [0, 0.1) is 0 Å². The van der Waals surface area contributed by atoms with Gasteiger partial charge in [0.2, 0.25) is 11.8 Å². The number of hydrogen-bond donors (Lipinski definition) is 2. The number of carbonyl (C=O) groups is 2. The Kier molecular flexibility index (Phi) is 6.73. The lowest BCUT2D eigenvalue weighted by atomic mass is 10.1. The monoisotopic (exact) mass is 277 g/mol. The third-order valence-corrected chi connectivity index (χ3v) is 2.94. The molecule has 1 atom stereocenters. The molecule has 0 fully saturated rings. The molecule has 0 saturated carbocycles. The zero-order chi connectivity index (χ0) is 15.0. The van der Waals surface area contributed by atoms with E-state index in [4.69, 9.17) is 5.73 Å². The van der Waals surface area contributed by atoms with Crippen molar-refractivity contribution >= 4 is 11.8 Å². The Labute approximate surface area is 120 Å². The second-order valence-corrected chi connectivity index (χ2v) is 4.84. The van der Waals surface area contributed by atoms with Gasteiger partial charge in [-0.05, 0) is 18.4 Å². The van der Waals surface area contributed by atoms with Crippen molar-refractivity contribution in [2.45, 2.75) is 25.8 Å². The second-order valence-electron chi connectivity index (χ2n) is 4.84. The van der Waals surface area contributed by atoms with Gasteiger partial charge in [-0.1, -0.05) is 37.3 Å². The third-order valence-electron chi connectivity index (χ3n) is 2.94. The standard InChI is InChI=1S/C15H23N3O2/c1-3-9-17-14(19)11-18(2)15(20)13(16)10-12-7-5-4-6-8-12/h4-8,13H,3,9-11,16H2,1-2H3,(H,17,19). The summed E-state index contributed by atoms with van der Waals surface area (Å²) in [6, 6.07) is 8.98. The minimum absolute atomic E-state index is 0.0430. The zero-order valence-electron chi connectivity index (χ0n) is 12.1. The summed E-state index contributed by atoms with van der Waals surface area (Å²) in [5, 5.41) is 2.73. The van der Waals surface area contributed by atoms with Gasteiger partial charge in [-0.3, -0.25) is 9.59 Å². The van der Waals surface area contributed by atoms with Gasteiger partial charge in [-0.25, -0.2) is 0 Å². The maximum absolute atomic E-state index is 12.1. The van der Waals surface area contributed by atoms with Crippen LogP contribution in [-0.2, 0) is 16.0 Å². The summed E-state index contributed by atoms with van der Waals surface area (Å²) in [6.45, 7) is 2.64. The number of hydrogen-bond acceptors (Lipinski definition) is 3. The van der Waals surface area contributed by atoms with Gasteiger partial charge >= 0.3 is 0 Å². The molecule has 0 radical (unpaired) electrons. The number of rotatable bonds is 7. The van der Waals surface area contributed by atoms with Crippen LogP contribution in [0.3, 0.4) is 0 Å². The molecule has 1 aromatic rings. The lowest BCUT2D eigenvalue weighted by molar-refractivity contribution is -0.135. The first-order valence-corrected chi connectivity index (χ1v) is 6.85. The molecule has 2 amide bonds. The highest BCUT2D eigenvalue weighted by atomic mass is 16.2. The van der Waals surface area contributed by atoms with E-state index in [1.807, 2.05) is 37.3 Å². The van der Waals surface area contributed by atoms with Gasteiger partial charge in [0.15, 0.2) is 0 Å². The molecule has 0 saturated heterocycles. The van der Waals surface area contributed by atoms with Crippen molar-refractivity contribution in [2.24, 2.45) is 5.73 Å². The van der Waals surface area contributed by atoms with E-state index in [9.17, 15) is 9.59 Å². The quantitative estimate of drug-likeness (QED) is 0.764.